The van der Waals surface area contributed by atoms with Crippen molar-refractivity contribution < 1.29 is 5.11 Å². The Balaban J connectivity index is 1.77. The van der Waals surface area contributed by atoms with Gasteiger partial charge in [-0.1, -0.05) is 60.1 Å². The Morgan fingerprint density at radius 1 is 0.792 bits per heavy atom. The van der Waals surface area contributed by atoms with Gasteiger partial charge in [-0.15, -0.1) is 5.10 Å². The average Bonchev–Trinajstić information content (AvgIpc) is 2.93. The van der Waals surface area contributed by atoms with Gasteiger partial charge in [-0.3, -0.25) is 0 Å². The molecule has 0 bridgehead atoms. The van der Waals surface area contributed by atoms with Crippen LogP contribution in [0.5, 0.6) is 5.75 Å². The summed E-state index contributed by atoms with van der Waals surface area (Å²) in [5.41, 5.74) is 5.81. The fraction of sp³-hybridized carbons (Fsp3) is 0. The first-order valence-corrected chi connectivity index (χ1v) is 7.90. The van der Waals surface area contributed by atoms with Crippen molar-refractivity contribution in [3.8, 4) is 16.9 Å². The van der Waals surface area contributed by atoms with Crippen LogP contribution in [-0.2, 0) is 0 Å². The lowest BCUT2D eigenvalue weighted by molar-refractivity contribution is 0.474. The molecule has 0 aromatic heterocycles. The van der Waals surface area contributed by atoms with E-state index in [0.717, 1.165) is 28.0 Å². The van der Waals surface area contributed by atoms with Gasteiger partial charge in [0.1, 0.15) is 11.5 Å². The molecule has 3 aromatic rings. The molecule has 0 heterocycles. The van der Waals surface area contributed by atoms with Crippen molar-refractivity contribution in [3.05, 3.63) is 88.4 Å². The molecule has 0 atom stereocenters. The maximum Gasteiger partial charge on any atom is 0.124 e. The number of halogens is 1. The normalized spacial score (nSPS) is 12.3. The van der Waals surface area contributed by atoms with Gasteiger partial charge < -0.3 is 5.11 Å². The summed E-state index contributed by atoms with van der Waals surface area (Å²) in [7, 11) is 0. The summed E-state index contributed by atoms with van der Waals surface area (Å²) in [4.78, 5) is 0. The number of rotatable bonds is 2. The Morgan fingerprint density at radius 2 is 1.38 bits per heavy atom. The van der Waals surface area contributed by atoms with Crippen molar-refractivity contribution in [2.24, 2.45) is 10.2 Å². The minimum absolute atomic E-state index is 0.121. The van der Waals surface area contributed by atoms with Crippen LogP contribution < -0.4 is 0 Å². The van der Waals surface area contributed by atoms with Crippen LogP contribution in [0.3, 0.4) is 0 Å². The van der Waals surface area contributed by atoms with E-state index in [-0.39, 0.29) is 5.75 Å². The number of phenolic OH excluding ortho intramolecular Hbond substituents is 1. The monoisotopic (exact) mass is 332 g/mol. The van der Waals surface area contributed by atoms with Crippen LogP contribution >= 0.6 is 11.6 Å². The van der Waals surface area contributed by atoms with Crippen LogP contribution in [0.2, 0.25) is 5.02 Å². The molecule has 3 aromatic carbocycles. The van der Waals surface area contributed by atoms with Gasteiger partial charge in [-0.05, 0) is 29.3 Å². The van der Waals surface area contributed by atoms with Crippen molar-refractivity contribution in [1.29, 1.82) is 0 Å². The second-order valence-corrected chi connectivity index (χ2v) is 5.92. The maximum absolute atomic E-state index is 9.84. The Kier molecular flexibility index (Phi) is 3.63. The van der Waals surface area contributed by atoms with E-state index in [0.29, 0.717) is 10.6 Å². The summed E-state index contributed by atoms with van der Waals surface area (Å²) >= 11 is 5.95. The van der Waals surface area contributed by atoms with E-state index in [1.165, 1.54) is 12.3 Å². The first-order valence-electron chi connectivity index (χ1n) is 7.53. The van der Waals surface area contributed by atoms with Crippen molar-refractivity contribution in [2.75, 3.05) is 0 Å². The SMILES string of the molecule is Oc1ccc(Cl)cc1/C=N\N=C1c2ccccc2-c2ccccc21. The van der Waals surface area contributed by atoms with E-state index in [1.807, 2.05) is 36.4 Å². The van der Waals surface area contributed by atoms with Gasteiger partial charge in [0.05, 0.1) is 6.21 Å². The van der Waals surface area contributed by atoms with Crippen LogP contribution in [0.25, 0.3) is 11.1 Å². The standard InChI is InChI=1S/C20H13ClN2O/c21-14-9-10-19(24)13(11-14)12-22-23-20-17-7-3-1-5-15(17)16-6-2-4-8-18(16)20/h1-12,24H/b22-12-. The van der Waals surface area contributed by atoms with Crippen LogP contribution in [0.15, 0.2) is 76.9 Å². The molecule has 4 heteroatoms. The predicted octanol–water partition coefficient (Wildman–Crippen LogP) is 4.90. The fourth-order valence-corrected chi connectivity index (χ4v) is 3.06. The smallest absolute Gasteiger partial charge is 0.124 e. The van der Waals surface area contributed by atoms with Crippen LogP contribution in [0.1, 0.15) is 16.7 Å². The number of nitrogens with zero attached hydrogens (tertiary/aromatic N) is 2. The lowest BCUT2D eigenvalue weighted by Gasteiger charge is -1.99. The molecule has 1 N–H and O–H groups in total. The number of aromatic hydroxyl groups is 1. The highest BCUT2D eigenvalue weighted by molar-refractivity contribution is 6.31. The van der Waals surface area contributed by atoms with E-state index in [1.54, 1.807) is 12.1 Å². The van der Waals surface area contributed by atoms with Gasteiger partial charge in [0.15, 0.2) is 0 Å². The van der Waals surface area contributed by atoms with Gasteiger partial charge in [-0.25, -0.2) is 0 Å². The van der Waals surface area contributed by atoms with Crippen molar-refractivity contribution in [2.45, 2.75) is 0 Å². The molecule has 0 radical (unpaired) electrons. The summed E-state index contributed by atoms with van der Waals surface area (Å²) in [6.07, 6.45) is 1.51. The minimum atomic E-state index is 0.121. The molecule has 3 nitrogen and oxygen atoms in total. The van der Waals surface area contributed by atoms with Crippen LogP contribution in [0.4, 0.5) is 0 Å². The number of hydrogen-bond donors (Lipinski definition) is 1. The van der Waals surface area contributed by atoms with Gasteiger partial charge in [0, 0.05) is 21.7 Å². The third-order valence-electron chi connectivity index (χ3n) is 4.00. The molecule has 1 aliphatic carbocycles. The number of benzene rings is 3. The lowest BCUT2D eigenvalue weighted by atomic mass is 10.1. The zero-order valence-electron chi connectivity index (χ0n) is 12.6. The summed E-state index contributed by atoms with van der Waals surface area (Å²) in [6, 6.07) is 21.1. The van der Waals surface area contributed by atoms with E-state index in [2.05, 4.69) is 22.3 Å². The average molecular weight is 333 g/mol. The minimum Gasteiger partial charge on any atom is -0.507 e. The Labute approximate surface area is 144 Å². The summed E-state index contributed by atoms with van der Waals surface area (Å²) in [5, 5.41) is 19.0. The second kappa shape index (κ2) is 5.95. The summed E-state index contributed by atoms with van der Waals surface area (Å²) < 4.78 is 0. The molecule has 0 saturated heterocycles. The maximum atomic E-state index is 9.84. The molecule has 116 valence electrons. The molecule has 0 fully saturated rings. The zero-order chi connectivity index (χ0) is 16.5. The summed E-state index contributed by atoms with van der Waals surface area (Å²) in [6.45, 7) is 0. The molecule has 1 aliphatic rings. The van der Waals surface area contributed by atoms with Crippen molar-refractivity contribution >= 4 is 23.5 Å². The highest BCUT2D eigenvalue weighted by Gasteiger charge is 2.23. The molecule has 4 rings (SSSR count). The molecule has 0 unspecified atom stereocenters. The van der Waals surface area contributed by atoms with Crippen LogP contribution in [-0.4, -0.2) is 17.0 Å². The van der Waals surface area contributed by atoms with Gasteiger partial charge >= 0.3 is 0 Å². The van der Waals surface area contributed by atoms with Gasteiger partial charge in [0.2, 0.25) is 0 Å². The number of phenols is 1. The van der Waals surface area contributed by atoms with E-state index in [4.69, 9.17) is 11.6 Å². The molecular formula is C20H13ClN2O. The molecule has 0 saturated carbocycles. The Morgan fingerprint density at radius 3 is 2.00 bits per heavy atom. The van der Waals surface area contributed by atoms with Crippen LogP contribution in [0, 0.1) is 0 Å². The lowest BCUT2D eigenvalue weighted by Crippen LogP contribution is -1.97. The Hall–Kier alpha value is -2.91. The predicted molar refractivity (Wildman–Crippen MR) is 98.2 cm³/mol. The van der Waals surface area contributed by atoms with Crippen molar-refractivity contribution in [1.82, 2.24) is 0 Å². The zero-order valence-corrected chi connectivity index (χ0v) is 13.4. The third-order valence-corrected chi connectivity index (χ3v) is 4.23. The first-order chi connectivity index (χ1) is 11.7. The third kappa shape index (κ3) is 2.49. The summed E-state index contributed by atoms with van der Waals surface area (Å²) in [5.74, 6) is 0.121. The highest BCUT2D eigenvalue weighted by Crippen LogP contribution is 2.36. The molecule has 0 amide bonds. The van der Waals surface area contributed by atoms with E-state index < -0.39 is 0 Å². The molecule has 24 heavy (non-hydrogen) atoms. The number of hydrogen-bond acceptors (Lipinski definition) is 3. The van der Waals surface area contributed by atoms with E-state index >= 15 is 0 Å². The fourth-order valence-electron chi connectivity index (χ4n) is 2.88. The largest absolute Gasteiger partial charge is 0.507 e. The van der Waals surface area contributed by atoms with E-state index in [9.17, 15) is 5.11 Å². The van der Waals surface area contributed by atoms with Gasteiger partial charge in [-0.2, -0.15) is 5.10 Å². The molecular weight excluding hydrogens is 320 g/mol. The number of fused-ring (bicyclic) bond motifs is 3. The first kappa shape index (κ1) is 14.7. The highest BCUT2D eigenvalue weighted by atomic mass is 35.5. The topological polar surface area (TPSA) is 45.0 Å². The van der Waals surface area contributed by atoms with Crippen molar-refractivity contribution in [3.63, 3.8) is 0 Å². The van der Waals surface area contributed by atoms with Gasteiger partial charge in [0.25, 0.3) is 0 Å². The second-order valence-electron chi connectivity index (χ2n) is 5.49. The quantitative estimate of drug-likeness (QED) is 0.412. The molecule has 0 aliphatic heterocycles. The molecule has 0 spiro atoms. The Bertz CT molecular complexity index is 945.